The maximum atomic E-state index is 6.13. The summed E-state index contributed by atoms with van der Waals surface area (Å²) < 4.78 is 5.23. The Bertz CT molecular complexity index is 557. The fraction of sp³-hybridized carbons (Fsp3) is 0.0833. The summed E-state index contributed by atoms with van der Waals surface area (Å²) >= 11 is 18.0. The van der Waals surface area contributed by atoms with E-state index in [0.717, 1.165) is 11.1 Å². The Morgan fingerprint density at radius 2 is 1.82 bits per heavy atom. The molecule has 0 atom stereocenters. The Hall–Kier alpha value is -0.960. The molecule has 2 aromatic rings. The number of rotatable bonds is 2. The Morgan fingerprint density at radius 3 is 2.53 bits per heavy atom. The largest absolute Gasteiger partial charge is 0.493 e. The lowest BCUT2D eigenvalue weighted by atomic mass is 10.1. The molecule has 0 aliphatic heterocycles. The van der Waals surface area contributed by atoms with E-state index in [-0.39, 0.29) is 0 Å². The summed E-state index contributed by atoms with van der Waals surface area (Å²) in [5.41, 5.74) is 1.53. The van der Waals surface area contributed by atoms with Crippen LogP contribution in [0.3, 0.4) is 0 Å². The number of ether oxygens (including phenoxy) is 1. The number of nitrogens with zero attached hydrogens (tertiary/aromatic N) is 1. The molecule has 5 heteroatoms. The average molecular weight is 289 g/mol. The van der Waals surface area contributed by atoms with Crippen LogP contribution in [0.1, 0.15) is 0 Å². The first-order valence-corrected chi connectivity index (χ1v) is 5.91. The van der Waals surface area contributed by atoms with Crippen molar-refractivity contribution in [2.75, 3.05) is 7.11 Å². The van der Waals surface area contributed by atoms with Crippen molar-refractivity contribution in [2.24, 2.45) is 0 Å². The Morgan fingerprint density at radius 1 is 1.06 bits per heavy atom. The summed E-state index contributed by atoms with van der Waals surface area (Å²) in [5.74, 6) is 0.485. The Balaban J connectivity index is 2.68. The standard InChI is InChI=1S/C12H8Cl3NO/c1-17-11-8(4-5-16-12(11)15)9-6-7(13)2-3-10(9)14/h2-6H,1H3. The average Bonchev–Trinajstić information content (AvgIpc) is 2.32. The van der Waals surface area contributed by atoms with E-state index in [0.29, 0.717) is 20.9 Å². The highest BCUT2D eigenvalue weighted by atomic mass is 35.5. The zero-order valence-corrected chi connectivity index (χ0v) is 11.1. The van der Waals surface area contributed by atoms with Crippen molar-refractivity contribution >= 4 is 34.8 Å². The van der Waals surface area contributed by atoms with E-state index in [9.17, 15) is 0 Å². The number of methoxy groups -OCH3 is 1. The third-order valence-electron chi connectivity index (χ3n) is 2.28. The maximum absolute atomic E-state index is 6.13. The molecule has 2 nitrogen and oxygen atoms in total. The minimum absolute atomic E-state index is 0.293. The van der Waals surface area contributed by atoms with Gasteiger partial charge in [0.1, 0.15) is 0 Å². The zero-order valence-electron chi connectivity index (χ0n) is 8.88. The predicted molar refractivity (Wildman–Crippen MR) is 71.3 cm³/mol. The minimum atomic E-state index is 0.293. The molecule has 1 aromatic heterocycles. The van der Waals surface area contributed by atoms with Crippen molar-refractivity contribution < 1.29 is 4.74 Å². The molecule has 0 saturated carbocycles. The highest BCUT2D eigenvalue weighted by Gasteiger charge is 2.13. The summed E-state index contributed by atoms with van der Waals surface area (Å²) in [4.78, 5) is 3.95. The molecule has 0 amide bonds. The van der Waals surface area contributed by atoms with Gasteiger partial charge in [-0.25, -0.2) is 4.98 Å². The predicted octanol–water partition coefficient (Wildman–Crippen LogP) is 4.72. The molecule has 1 aromatic carbocycles. The van der Waals surface area contributed by atoms with Crippen LogP contribution in [0.2, 0.25) is 15.2 Å². The number of hydrogen-bond acceptors (Lipinski definition) is 2. The molecule has 1 heterocycles. The van der Waals surface area contributed by atoms with Crippen molar-refractivity contribution in [3.05, 3.63) is 45.7 Å². The van der Waals surface area contributed by atoms with Gasteiger partial charge in [0.05, 0.1) is 7.11 Å². The van der Waals surface area contributed by atoms with Gasteiger partial charge in [-0.15, -0.1) is 0 Å². The number of halogens is 3. The van der Waals surface area contributed by atoms with Crippen molar-refractivity contribution in [1.82, 2.24) is 4.98 Å². The van der Waals surface area contributed by atoms with E-state index >= 15 is 0 Å². The fourth-order valence-corrected chi connectivity index (χ4v) is 2.16. The first kappa shape index (κ1) is 12.5. The van der Waals surface area contributed by atoms with Crippen LogP contribution in [0.25, 0.3) is 11.1 Å². The third kappa shape index (κ3) is 2.49. The van der Waals surface area contributed by atoms with Gasteiger partial charge in [0.15, 0.2) is 10.9 Å². The van der Waals surface area contributed by atoms with Gasteiger partial charge in [0.2, 0.25) is 0 Å². The lowest BCUT2D eigenvalue weighted by Crippen LogP contribution is -1.91. The summed E-state index contributed by atoms with van der Waals surface area (Å²) in [7, 11) is 1.53. The van der Waals surface area contributed by atoms with Crippen LogP contribution in [0.4, 0.5) is 0 Å². The van der Waals surface area contributed by atoms with Crippen LogP contribution in [-0.4, -0.2) is 12.1 Å². The fourth-order valence-electron chi connectivity index (χ4n) is 1.53. The van der Waals surface area contributed by atoms with E-state index in [1.807, 2.05) is 0 Å². The quantitative estimate of drug-likeness (QED) is 0.746. The number of pyridine rings is 1. The van der Waals surface area contributed by atoms with Gasteiger partial charge in [-0.3, -0.25) is 0 Å². The molecule has 17 heavy (non-hydrogen) atoms. The van der Waals surface area contributed by atoms with E-state index in [1.54, 1.807) is 30.5 Å². The van der Waals surface area contributed by atoms with Crippen LogP contribution < -0.4 is 4.74 Å². The van der Waals surface area contributed by atoms with Gasteiger partial charge < -0.3 is 4.74 Å². The molecule has 88 valence electrons. The van der Waals surface area contributed by atoms with Gasteiger partial charge in [0.25, 0.3) is 0 Å². The second kappa shape index (κ2) is 5.13. The molecule has 0 spiro atoms. The van der Waals surface area contributed by atoms with Gasteiger partial charge in [-0.2, -0.15) is 0 Å². The molecule has 0 saturated heterocycles. The van der Waals surface area contributed by atoms with Crippen LogP contribution in [0, 0.1) is 0 Å². The molecule has 0 aliphatic rings. The Labute approximate surface area is 114 Å². The van der Waals surface area contributed by atoms with Crippen LogP contribution >= 0.6 is 34.8 Å². The maximum Gasteiger partial charge on any atom is 0.171 e. The zero-order chi connectivity index (χ0) is 12.4. The van der Waals surface area contributed by atoms with Crippen molar-refractivity contribution in [1.29, 1.82) is 0 Å². The lowest BCUT2D eigenvalue weighted by molar-refractivity contribution is 0.415. The van der Waals surface area contributed by atoms with Crippen molar-refractivity contribution in [3.8, 4) is 16.9 Å². The highest BCUT2D eigenvalue weighted by molar-refractivity contribution is 6.36. The minimum Gasteiger partial charge on any atom is -0.493 e. The summed E-state index contributed by atoms with van der Waals surface area (Å²) in [5, 5.41) is 1.47. The highest BCUT2D eigenvalue weighted by Crippen LogP contribution is 2.38. The van der Waals surface area contributed by atoms with Crippen molar-refractivity contribution in [3.63, 3.8) is 0 Å². The van der Waals surface area contributed by atoms with Gasteiger partial charge >= 0.3 is 0 Å². The molecule has 0 unspecified atom stereocenters. The van der Waals surface area contributed by atoms with Crippen LogP contribution in [-0.2, 0) is 0 Å². The van der Waals surface area contributed by atoms with Crippen molar-refractivity contribution in [2.45, 2.75) is 0 Å². The molecule has 0 N–H and O–H groups in total. The molecule has 0 radical (unpaired) electrons. The van der Waals surface area contributed by atoms with E-state index < -0.39 is 0 Å². The Kier molecular flexibility index (Phi) is 3.77. The van der Waals surface area contributed by atoms with Gasteiger partial charge in [-0.1, -0.05) is 34.8 Å². The number of hydrogen-bond donors (Lipinski definition) is 0. The van der Waals surface area contributed by atoms with Crippen LogP contribution in [0.5, 0.6) is 5.75 Å². The monoisotopic (exact) mass is 287 g/mol. The first-order chi connectivity index (χ1) is 8.13. The molecule has 0 aliphatic carbocycles. The topological polar surface area (TPSA) is 22.1 Å². The first-order valence-electron chi connectivity index (χ1n) is 4.77. The molecular weight excluding hydrogens is 280 g/mol. The molecular formula is C12H8Cl3NO. The van der Waals surface area contributed by atoms with Gasteiger partial charge in [0, 0.05) is 27.4 Å². The smallest absolute Gasteiger partial charge is 0.171 e. The van der Waals surface area contributed by atoms with E-state index in [4.69, 9.17) is 39.5 Å². The second-order valence-electron chi connectivity index (χ2n) is 3.31. The summed E-state index contributed by atoms with van der Waals surface area (Å²) in [6.07, 6.45) is 1.59. The SMILES string of the molecule is COc1c(-c2cc(Cl)ccc2Cl)ccnc1Cl. The van der Waals surface area contributed by atoms with E-state index in [1.165, 1.54) is 7.11 Å². The van der Waals surface area contributed by atoms with E-state index in [2.05, 4.69) is 4.98 Å². The third-order valence-corrected chi connectivity index (χ3v) is 3.12. The molecule has 2 rings (SSSR count). The lowest BCUT2D eigenvalue weighted by Gasteiger charge is -2.11. The normalized spacial score (nSPS) is 10.4. The summed E-state index contributed by atoms with van der Waals surface area (Å²) in [6, 6.07) is 7.00. The number of benzene rings is 1. The van der Waals surface area contributed by atoms with Crippen LogP contribution in [0.15, 0.2) is 30.5 Å². The number of aromatic nitrogens is 1. The second-order valence-corrected chi connectivity index (χ2v) is 4.51. The molecule has 0 fully saturated rings. The summed E-state index contributed by atoms with van der Waals surface area (Å²) in [6.45, 7) is 0. The van der Waals surface area contributed by atoms with Gasteiger partial charge in [-0.05, 0) is 24.3 Å². The molecule has 0 bridgehead atoms.